The average Bonchev–Trinajstić information content (AvgIpc) is 2.74. The van der Waals surface area contributed by atoms with E-state index in [-0.39, 0.29) is 34.7 Å². The van der Waals surface area contributed by atoms with Gasteiger partial charge in [-0.2, -0.15) is 4.98 Å². The van der Waals surface area contributed by atoms with Crippen molar-refractivity contribution in [2.75, 3.05) is 31.2 Å². The first-order valence-corrected chi connectivity index (χ1v) is 12.2. The van der Waals surface area contributed by atoms with E-state index in [2.05, 4.69) is 20.2 Å². The van der Waals surface area contributed by atoms with Gasteiger partial charge in [-0.25, -0.2) is 4.98 Å². The highest BCUT2D eigenvalue weighted by Gasteiger charge is 2.30. The van der Waals surface area contributed by atoms with Gasteiger partial charge in [0.1, 0.15) is 12.4 Å². The van der Waals surface area contributed by atoms with Crippen LogP contribution in [0.1, 0.15) is 33.6 Å². The third-order valence-corrected chi connectivity index (χ3v) is 6.37. The Balaban J connectivity index is 1.68. The lowest BCUT2D eigenvalue weighted by atomic mass is 9.90. The number of ketones is 1. The molecule has 0 bridgehead atoms. The van der Waals surface area contributed by atoms with Crippen molar-refractivity contribution >= 4 is 33.8 Å². The maximum absolute atomic E-state index is 12.3. The zero-order chi connectivity index (χ0) is 24.2. The summed E-state index contributed by atoms with van der Waals surface area (Å²) < 4.78 is 17.5. The van der Waals surface area contributed by atoms with Crippen molar-refractivity contribution in [2.45, 2.75) is 44.6 Å². The largest absolute Gasteiger partial charge is 0.469 e. The summed E-state index contributed by atoms with van der Waals surface area (Å²) in [6.07, 6.45) is 3.82. The van der Waals surface area contributed by atoms with Crippen LogP contribution in [0, 0.1) is 15.5 Å². The molecule has 178 valence electrons. The molecule has 1 aromatic carbocycles. The molecule has 1 saturated heterocycles. The third kappa shape index (κ3) is 6.55. The van der Waals surface area contributed by atoms with Crippen LogP contribution in [0.3, 0.4) is 0 Å². The number of nitrogens with zero attached hydrogens (tertiary/aromatic N) is 4. The van der Waals surface area contributed by atoms with Crippen LogP contribution in [0.4, 0.5) is 17.2 Å². The van der Waals surface area contributed by atoms with Crippen molar-refractivity contribution in [3.63, 3.8) is 0 Å². The number of hydrogen-bond acceptors (Lipinski definition) is 9. The zero-order valence-corrected chi connectivity index (χ0v) is 20.1. The first-order valence-electron chi connectivity index (χ1n) is 10.7. The molecule has 1 atom stereocenters. The Morgan fingerprint density at radius 1 is 1.24 bits per heavy atom. The third-order valence-electron chi connectivity index (χ3n) is 5.44. The summed E-state index contributed by atoms with van der Waals surface area (Å²) in [5, 5.41) is 14.7. The summed E-state index contributed by atoms with van der Waals surface area (Å²) in [6.45, 7) is 7.45. The minimum atomic E-state index is -1.12. The van der Waals surface area contributed by atoms with Crippen molar-refractivity contribution in [1.29, 1.82) is 0 Å². The van der Waals surface area contributed by atoms with E-state index in [1.165, 1.54) is 6.33 Å². The van der Waals surface area contributed by atoms with E-state index in [9.17, 15) is 19.1 Å². The van der Waals surface area contributed by atoms with Crippen LogP contribution in [-0.4, -0.2) is 61.8 Å². The van der Waals surface area contributed by atoms with E-state index >= 15 is 0 Å². The molecule has 10 nitrogen and oxygen atoms in total. The molecule has 1 aliphatic heterocycles. The SMILES string of the molecule is CS(=O)c1ccc(Nc2ncnc(OC3CCN(CC(=O)C(C)(C)C)CC3)c2[N+](=O)[O-])cc1. The fraction of sp³-hybridized carbons (Fsp3) is 0.500. The highest BCUT2D eigenvalue weighted by atomic mass is 32.2. The van der Waals surface area contributed by atoms with Crippen LogP contribution in [0.25, 0.3) is 0 Å². The van der Waals surface area contributed by atoms with Crippen LogP contribution >= 0.6 is 0 Å². The molecule has 1 N–H and O–H groups in total. The fourth-order valence-corrected chi connectivity index (χ4v) is 3.87. The number of Topliss-reactive ketones (excluding diaryl/α,β-unsaturated/α-hetero) is 1. The van der Waals surface area contributed by atoms with Gasteiger partial charge >= 0.3 is 5.69 Å². The molecule has 0 spiro atoms. The maximum Gasteiger partial charge on any atom is 0.373 e. The number of ether oxygens (including phenoxy) is 1. The fourth-order valence-electron chi connectivity index (χ4n) is 3.35. The van der Waals surface area contributed by atoms with Gasteiger partial charge < -0.3 is 10.1 Å². The molecule has 1 unspecified atom stereocenters. The second kappa shape index (κ2) is 10.3. The monoisotopic (exact) mass is 475 g/mol. The van der Waals surface area contributed by atoms with E-state index < -0.39 is 15.7 Å². The number of nitrogens with one attached hydrogen (secondary N) is 1. The molecule has 33 heavy (non-hydrogen) atoms. The summed E-state index contributed by atoms with van der Waals surface area (Å²) >= 11 is 0. The molecule has 1 fully saturated rings. The Morgan fingerprint density at radius 3 is 2.42 bits per heavy atom. The molecule has 1 aromatic heterocycles. The first-order chi connectivity index (χ1) is 15.5. The summed E-state index contributed by atoms with van der Waals surface area (Å²) in [6, 6.07) is 6.72. The van der Waals surface area contributed by atoms with Crippen molar-refractivity contribution in [3.05, 3.63) is 40.7 Å². The Labute approximate surface area is 195 Å². The van der Waals surface area contributed by atoms with Gasteiger partial charge in [0.25, 0.3) is 5.88 Å². The van der Waals surface area contributed by atoms with Crippen LogP contribution in [0.2, 0.25) is 0 Å². The minimum absolute atomic E-state index is 0.0172. The number of piperidine rings is 1. The summed E-state index contributed by atoms with van der Waals surface area (Å²) in [5.74, 6) is 0.110. The quantitative estimate of drug-likeness (QED) is 0.451. The van der Waals surface area contributed by atoms with Gasteiger partial charge in [-0.05, 0) is 37.1 Å². The number of nitro groups is 1. The van der Waals surface area contributed by atoms with E-state index in [0.717, 1.165) is 0 Å². The highest BCUT2D eigenvalue weighted by Crippen LogP contribution is 2.34. The molecule has 3 rings (SSSR count). The topological polar surface area (TPSA) is 128 Å². The summed E-state index contributed by atoms with van der Waals surface area (Å²) in [7, 11) is -1.12. The average molecular weight is 476 g/mol. The maximum atomic E-state index is 12.3. The minimum Gasteiger partial charge on any atom is -0.469 e. The first kappa shape index (κ1) is 24.7. The molecular weight excluding hydrogens is 446 g/mol. The molecule has 11 heteroatoms. The lowest BCUT2D eigenvalue weighted by molar-refractivity contribution is -0.385. The predicted octanol–water partition coefficient (Wildman–Crippen LogP) is 3.32. The number of likely N-dealkylation sites (tertiary alicyclic amines) is 1. The van der Waals surface area contributed by atoms with Gasteiger partial charge in [0, 0.05) is 46.1 Å². The van der Waals surface area contributed by atoms with Crippen molar-refractivity contribution in [1.82, 2.24) is 14.9 Å². The van der Waals surface area contributed by atoms with Gasteiger partial charge in [0.05, 0.1) is 11.5 Å². The van der Waals surface area contributed by atoms with Gasteiger partial charge in [-0.15, -0.1) is 0 Å². The number of aromatic nitrogens is 2. The predicted molar refractivity (Wildman–Crippen MR) is 125 cm³/mol. The van der Waals surface area contributed by atoms with E-state index in [0.29, 0.717) is 43.1 Å². The molecule has 0 saturated carbocycles. The summed E-state index contributed by atoms with van der Waals surface area (Å²) in [4.78, 5) is 34.3. The normalized spacial score (nSPS) is 16.2. The van der Waals surface area contributed by atoms with Crippen LogP contribution in [0.5, 0.6) is 5.88 Å². The van der Waals surface area contributed by atoms with E-state index in [1.807, 2.05) is 20.8 Å². The molecule has 0 amide bonds. The molecule has 2 aromatic rings. The number of rotatable bonds is 8. The Kier molecular flexibility index (Phi) is 7.75. The van der Waals surface area contributed by atoms with Crippen LogP contribution in [-0.2, 0) is 15.6 Å². The van der Waals surface area contributed by atoms with Crippen LogP contribution in [0.15, 0.2) is 35.5 Å². The number of hydrogen-bond donors (Lipinski definition) is 1. The second-order valence-electron chi connectivity index (χ2n) is 9.00. The van der Waals surface area contributed by atoms with Gasteiger partial charge in [-0.3, -0.25) is 24.0 Å². The molecule has 2 heterocycles. The lowest BCUT2D eigenvalue weighted by Gasteiger charge is -2.32. The lowest BCUT2D eigenvalue weighted by Crippen LogP contribution is -2.43. The van der Waals surface area contributed by atoms with Crippen LogP contribution < -0.4 is 10.1 Å². The smallest absolute Gasteiger partial charge is 0.373 e. The van der Waals surface area contributed by atoms with Crippen molar-refractivity contribution in [3.8, 4) is 5.88 Å². The van der Waals surface area contributed by atoms with Crippen molar-refractivity contribution < 1.29 is 18.7 Å². The molecule has 1 aliphatic rings. The molecule has 0 radical (unpaired) electrons. The zero-order valence-electron chi connectivity index (χ0n) is 19.2. The number of carbonyl (C=O) groups excluding carboxylic acids is 1. The van der Waals surface area contributed by atoms with Crippen molar-refractivity contribution in [2.24, 2.45) is 5.41 Å². The standard InChI is InChI=1S/C22H29N5O5S/c1-22(2,3)18(28)13-26-11-9-16(10-12-26)32-21-19(27(29)30)20(23-14-24-21)25-15-5-7-17(8-6-15)33(4)31/h5-8,14,16H,9-13H2,1-4H3,(H,23,24,25). The Hall–Kier alpha value is -2.92. The Bertz CT molecular complexity index is 1030. The molecular formula is C22H29N5O5S. The number of anilines is 2. The van der Waals surface area contributed by atoms with Gasteiger partial charge in [-0.1, -0.05) is 20.8 Å². The number of carbonyl (C=O) groups is 1. The number of benzene rings is 1. The van der Waals surface area contributed by atoms with E-state index in [4.69, 9.17) is 4.74 Å². The Morgan fingerprint density at radius 2 is 1.88 bits per heavy atom. The second-order valence-corrected chi connectivity index (χ2v) is 10.4. The van der Waals surface area contributed by atoms with Gasteiger partial charge in [0.15, 0.2) is 5.78 Å². The van der Waals surface area contributed by atoms with Gasteiger partial charge in [0.2, 0.25) is 5.82 Å². The molecule has 0 aliphatic carbocycles. The van der Waals surface area contributed by atoms with E-state index in [1.54, 1.807) is 30.5 Å². The summed E-state index contributed by atoms with van der Waals surface area (Å²) in [5.41, 5.74) is -0.161. The highest BCUT2D eigenvalue weighted by molar-refractivity contribution is 7.84.